The molecule has 2 aromatic heterocycles. The summed E-state index contributed by atoms with van der Waals surface area (Å²) in [4.78, 5) is 50.8. The Morgan fingerprint density at radius 2 is 2.00 bits per heavy atom. The molecule has 1 aliphatic heterocycles. The second-order valence-corrected chi connectivity index (χ2v) is 12.7. The van der Waals surface area contributed by atoms with Crippen molar-refractivity contribution in [2.24, 2.45) is 17.8 Å². The lowest BCUT2D eigenvalue weighted by molar-refractivity contribution is -0.145. The number of aromatic nitrogens is 2. The first kappa shape index (κ1) is 29.1. The maximum absolute atomic E-state index is 13.7. The van der Waals surface area contributed by atoms with Gasteiger partial charge in [-0.2, -0.15) is 0 Å². The van der Waals surface area contributed by atoms with Crippen LogP contribution in [0.5, 0.6) is 11.5 Å². The summed E-state index contributed by atoms with van der Waals surface area (Å²) < 4.78 is 12.2. The predicted molar refractivity (Wildman–Crippen MR) is 162 cm³/mol. The summed E-state index contributed by atoms with van der Waals surface area (Å²) in [5, 5.41) is 16.3. The summed E-state index contributed by atoms with van der Waals surface area (Å²) in [5.41, 5.74) is 0.932. The van der Waals surface area contributed by atoms with Crippen LogP contribution in [0.4, 0.5) is 0 Å². The Kier molecular flexibility index (Phi) is 7.85. The standard InChI is InChI=1S/C32H36N4O6S/c1-18-25(41-3)10-9-21-26(16-24(34-27(18)21)29-33-11-13-43-29)42-20-14-22-23(15-20)30(38)36(2)12-7-5-4-6-8-19-17-32(19,31(39)40)35-28(22)37/h6,8-11,13,16,19-20,22-23H,4-5,7,12,14-15,17H2,1-3H3,(H,35,37)(H,39,40)/t19?,20?,22-,23?,32-/m1/s1. The molecule has 2 saturated carbocycles. The van der Waals surface area contributed by atoms with Gasteiger partial charge >= 0.3 is 5.97 Å². The Labute approximate surface area is 254 Å². The molecule has 226 valence electrons. The van der Waals surface area contributed by atoms with Crippen LogP contribution in [0.1, 0.15) is 44.1 Å². The van der Waals surface area contributed by atoms with Gasteiger partial charge in [-0.15, -0.1) is 11.3 Å². The van der Waals surface area contributed by atoms with Gasteiger partial charge in [-0.05, 0) is 57.6 Å². The van der Waals surface area contributed by atoms with Crippen molar-refractivity contribution >= 4 is 40.0 Å². The molecule has 3 aliphatic rings. The van der Waals surface area contributed by atoms with Crippen LogP contribution in [0.25, 0.3) is 21.6 Å². The third-order valence-electron chi connectivity index (χ3n) is 9.09. The first-order chi connectivity index (χ1) is 20.7. The van der Waals surface area contributed by atoms with E-state index in [0.29, 0.717) is 36.6 Å². The number of carbonyl (C=O) groups excluding carboxylic acids is 2. The molecular weight excluding hydrogens is 568 g/mol. The first-order valence-electron chi connectivity index (χ1n) is 14.7. The summed E-state index contributed by atoms with van der Waals surface area (Å²) in [6, 6.07) is 5.64. The molecule has 2 amide bonds. The van der Waals surface area contributed by atoms with E-state index in [-0.39, 0.29) is 18.2 Å². The smallest absolute Gasteiger partial charge is 0.330 e. The Balaban J connectivity index is 1.34. The molecule has 10 nitrogen and oxygen atoms in total. The molecule has 0 saturated heterocycles. The summed E-state index contributed by atoms with van der Waals surface area (Å²) in [5.74, 6) is -1.85. The number of methoxy groups -OCH3 is 1. The predicted octanol–water partition coefficient (Wildman–Crippen LogP) is 4.61. The minimum atomic E-state index is -1.32. The third-order valence-corrected chi connectivity index (χ3v) is 9.88. The van der Waals surface area contributed by atoms with Crippen LogP contribution in [0.15, 0.2) is 41.9 Å². The van der Waals surface area contributed by atoms with Crippen molar-refractivity contribution in [1.82, 2.24) is 20.2 Å². The van der Waals surface area contributed by atoms with Crippen molar-refractivity contribution < 1.29 is 29.0 Å². The summed E-state index contributed by atoms with van der Waals surface area (Å²) in [6.45, 7) is 2.54. The fourth-order valence-corrected chi connectivity index (χ4v) is 7.13. The van der Waals surface area contributed by atoms with Crippen molar-refractivity contribution in [2.45, 2.75) is 57.1 Å². The Hall–Kier alpha value is -3.99. The molecule has 0 spiro atoms. The number of hydrogen-bond donors (Lipinski definition) is 2. The maximum atomic E-state index is 13.7. The lowest BCUT2D eigenvalue weighted by Crippen LogP contribution is -2.49. The van der Waals surface area contributed by atoms with Crippen molar-refractivity contribution in [3.63, 3.8) is 0 Å². The fraction of sp³-hybridized carbons (Fsp3) is 0.469. The van der Waals surface area contributed by atoms with E-state index in [1.807, 2.05) is 42.7 Å². The van der Waals surface area contributed by atoms with Crippen LogP contribution in [0.3, 0.4) is 0 Å². The normalized spacial score (nSPS) is 27.7. The third kappa shape index (κ3) is 5.46. The number of thiazole rings is 1. The van der Waals surface area contributed by atoms with Crippen LogP contribution >= 0.6 is 11.3 Å². The van der Waals surface area contributed by atoms with Gasteiger partial charge in [0.1, 0.15) is 33.8 Å². The molecule has 2 fully saturated rings. The van der Waals surface area contributed by atoms with E-state index in [4.69, 9.17) is 14.5 Å². The number of pyridine rings is 1. The zero-order chi connectivity index (χ0) is 30.3. The lowest BCUT2D eigenvalue weighted by Gasteiger charge is -2.26. The molecule has 6 rings (SSSR count). The first-order valence-corrected chi connectivity index (χ1v) is 15.6. The number of carboxylic acids is 1. The number of fused-ring (bicyclic) bond motifs is 3. The lowest BCUT2D eigenvalue weighted by atomic mass is 9.93. The van der Waals surface area contributed by atoms with Crippen LogP contribution in [0.2, 0.25) is 0 Å². The van der Waals surface area contributed by atoms with Gasteiger partial charge in [-0.25, -0.2) is 14.8 Å². The number of benzene rings is 1. The van der Waals surface area contributed by atoms with Gasteiger partial charge in [0, 0.05) is 48.1 Å². The number of rotatable bonds is 5. The molecule has 2 aliphatic carbocycles. The number of aliphatic carboxylic acids is 1. The van der Waals surface area contributed by atoms with Crippen LogP contribution in [-0.4, -0.2) is 70.1 Å². The number of nitrogens with zero attached hydrogens (tertiary/aromatic N) is 3. The van der Waals surface area contributed by atoms with Gasteiger partial charge in [0.25, 0.3) is 0 Å². The van der Waals surface area contributed by atoms with Gasteiger partial charge in [0.05, 0.1) is 24.5 Å². The number of carbonyl (C=O) groups is 3. The van der Waals surface area contributed by atoms with Gasteiger partial charge in [-0.3, -0.25) is 9.59 Å². The van der Waals surface area contributed by atoms with Crippen molar-refractivity contribution in [3.05, 3.63) is 47.5 Å². The Morgan fingerprint density at radius 3 is 2.74 bits per heavy atom. The largest absolute Gasteiger partial charge is 0.496 e. The molecule has 2 N–H and O–H groups in total. The SMILES string of the molecule is COc1ccc2c(OC3CC4C(=O)N(C)CCCCC=CC5C[C@@]5(C(=O)O)NC(=O)[C@@H]4C3)cc(-c3nccs3)nc2c1C. The number of ether oxygens (including phenoxy) is 2. The van der Waals surface area contributed by atoms with E-state index in [1.165, 1.54) is 11.3 Å². The Bertz CT molecular complexity index is 1590. The van der Waals surface area contributed by atoms with Crippen molar-refractivity contribution in [2.75, 3.05) is 20.7 Å². The molecule has 11 heteroatoms. The second-order valence-electron chi connectivity index (χ2n) is 11.8. The molecule has 0 bridgehead atoms. The quantitative estimate of drug-likeness (QED) is 0.404. The molecule has 5 atom stereocenters. The van der Waals surface area contributed by atoms with Crippen LogP contribution in [0, 0.1) is 24.7 Å². The highest BCUT2D eigenvalue weighted by Gasteiger charge is 2.61. The number of amides is 2. The van der Waals surface area contributed by atoms with E-state index in [1.54, 1.807) is 25.3 Å². The van der Waals surface area contributed by atoms with Crippen LogP contribution < -0.4 is 14.8 Å². The van der Waals surface area contributed by atoms with Gasteiger partial charge < -0.3 is 24.8 Å². The number of aryl methyl sites for hydroxylation is 1. The van der Waals surface area contributed by atoms with E-state index in [9.17, 15) is 19.5 Å². The molecule has 0 radical (unpaired) electrons. The Morgan fingerprint density at radius 1 is 1.19 bits per heavy atom. The topological polar surface area (TPSA) is 131 Å². The summed E-state index contributed by atoms with van der Waals surface area (Å²) in [7, 11) is 3.39. The monoisotopic (exact) mass is 604 g/mol. The number of hydrogen-bond acceptors (Lipinski definition) is 8. The van der Waals surface area contributed by atoms with Crippen molar-refractivity contribution in [1.29, 1.82) is 0 Å². The molecule has 3 heterocycles. The van der Waals surface area contributed by atoms with E-state index >= 15 is 0 Å². The highest BCUT2D eigenvalue weighted by atomic mass is 32.1. The number of carboxylic acid groups (broad SMARTS) is 1. The zero-order valence-electron chi connectivity index (χ0n) is 24.5. The zero-order valence-corrected chi connectivity index (χ0v) is 25.4. The van der Waals surface area contributed by atoms with Gasteiger partial charge in [0.2, 0.25) is 11.8 Å². The molecule has 3 unspecified atom stereocenters. The molecular formula is C32H36N4O6S. The number of allylic oxidation sites excluding steroid dienone is 1. The van der Waals surface area contributed by atoms with E-state index in [2.05, 4.69) is 10.3 Å². The second kappa shape index (κ2) is 11.6. The minimum Gasteiger partial charge on any atom is -0.496 e. The summed E-state index contributed by atoms with van der Waals surface area (Å²) in [6.07, 6.45) is 8.70. The molecule has 1 aromatic carbocycles. The average molecular weight is 605 g/mol. The molecule has 3 aromatic rings. The average Bonchev–Trinajstić information content (AvgIpc) is 3.31. The number of nitrogens with one attached hydrogen (secondary N) is 1. The minimum absolute atomic E-state index is 0.112. The van der Waals surface area contributed by atoms with E-state index in [0.717, 1.165) is 40.7 Å². The van der Waals surface area contributed by atoms with Crippen molar-refractivity contribution in [3.8, 4) is 22.2 Å². The molecule has 43 heavy (non-hydrogen) atoms. The summed E-state index contributed by atoms with van der Waals surface area (Å²) >= 11 is 1.47. The van der Waals surface area contributed by atoms with Crippen LogP contribution in [-0.2, 0) is 14.4 Å². The van der Waals surface area contributed by atoms with E-state index < -0.39 is 35.4 Å². The maximum Gasteiger partial charge on any atom is 0.330 e. The highest BCUT2D eigenvalue weighted by Crippen LogP contribution is 2.47. The fourth-order valence-electron chi connectivity index (χ4n) is 6.53. The van der Waals surface area contributed by atoms with Gasteiger partial charge in [-0.1, -0.05) is 12.2 Å². The van der Waals surface area contributed by atoms with Gasteiger partial charge in [0.15, 0.2) is 0 Å². The highest BCUT2D eigenvalue weighted by molar-refractivity contribution is 7.13.